The Balaban J connectivity index is 2.26. The van der Waals surface area contributed by atoms with E-state index in [2.05, 4.69) is 5.10 Å². The highest BCUT2D eigenvalue weighted by Gasteiger charge is 2.15. The molecule has 0 unspecified atom stereocenters. The number of carboxylic acid groups (broad SMARTS) is 1. The summed E-state index contributed by atoms with van der Waals surface area (Å²) in [5.41, 5.74) is 1.16. The van der Waals surface area contributed by atoms with Gasteiger partial charge in [-0.05, 0) is 23.8 Å². The van der Waals surface area contributed by atoms with Crippen molar-refractivity contribution in [1.29, 1.82) is 0 Å². The summed E-state index contributed by atoms with van der Waals surface area (Å²) in [5.74, 6) is -1.26. The number of hydrogen-bond donors (Lipinski definition) is 2. The first-order valence-corrected chi connectivity index (χ1v) is 4.69. The summed E-state index contributed by atoms with van der Waals surface area (Å²) in [4.78, 5) is 10.5. The molecule has 0 saturated carbocycles. The summed E-state index contributed by atoms with van der Waals surface area (Å²) >= 11 is 0. The molecule has 0 saturated heterocycles. The van der Waals surface area contributed by atoms with E-state index in [-0.39, 0.29) is 0 Å². The fourth-order valence-electron chi connectivity index (χ4n) is 1.37. The smallest absolute Gasteiger partial charge is 0.337 e. The Morgan fingerprint density at radius 1 is 1.31 bits per heavy atom. The van der Waals surface area contributed by atoms with Gasteiger partial charge >= 0.3 is 5.97 Å². The number of aliphatic hydroxyl groups is 1. The highest BCUT2D eigenvalue weighted by Crippen LogP contribution is 2.15. The maximum atomic E-state index is 10.5. The number of aromatic nitrogens is 2. The molecule has 0 radical (unpaired) electrons. The van der Waals surface area contributed by atoms with Crippen molar-refractivity contribution in [3.05, 3.63) is 48.3 Å². The molecule has 82 valence electrons. The lowest BCUT2D eigenvalue weighted by Gasteiger charge is -2.06. The molecule has 0 aliphatic carbocycles. The highest BCUT2D eigenvalue weighted by molar-refractivity contribution is 5.74. The van der Waals surface area contributed by atoms with Crippen molar-refractivity contribution in [2.75, 3.05) is 0 Å². The van der Waals surface area contributed by atoms with Gasteiger partial charge in [-0.2, -0.15) is 5.10 Å². The molecule has 16 heavy (non-hydrogen) atoms. The molecule has 1 aromatic carbocycles. The summed E-state index contributed by atoms with van der Waals surface area (Å²) in [6, 6.07) is 8.33. The van der Waals surface area contributed by atoms with E-state index in [1.807, 2.05) is 0 Å². The second kappa shape index (κ2) is 4.16. The first kappa shape index (κ1) is 10.4. The molecule has 2 N–H and O–H groups in total. The zero-order valence-electron chi connectivity index (χ0n) is 8.32. The summed E-state index contributed by atoms with van der Waals surface area (Å²) in [5, 5.41) is 22.0. The molecule has 5 nitrogen and oxygen atoms in total. The van der Waals surface area contributed by atoms with E-state index in [4.69, 9.17) is 5.11 Å². The highest BCUT2D eigenvalue weighted by atomic mass is 16.4. The van der Waals surface area contributed by atoms with E-state index in [0.717, 1.165) is 5.69 Å². The lowest BCUT2D eigenvalue weighted by Crippen LogP contribution is -2.10. The van der Waals surface area contributed by atoms with Gasteiger partial charge in [0, 0.05) is 12.4 Å². The Bertz CT molecular complexity index is 476. The largest absolute Gasteiger partial charge is 0.479 e. The second-order valence-electron chi connectivity index (χ2n) is 3.28. The van der Waals surface area contributed by atoms with E-state index in [1.54, 1.807) is 47.4 Å². The summed E-state index contributed by atoms with van der Waals surface area (Å²) in [7, 11) is 0. The van der Waals surface area contributed by atoms with Gasteiger partial charge in [0.1, 0.15) is 0 Å². The molecule has 0 aliphatic heterocycles. The van der Waals surface area contributed by atoms with Crippen LogP contribution in [-0.4, -0.2) is 26.0 Å². The van der Waals surface area contributed by atoms with Crippen LogP contribution in [0.1, 0.15) is 11.7 Å². The topological polar surface area (TPSA) is 75.3 Å². The van der Waals surface area contributed by atoms with Gasteiger partial charge in [-0.3, -0.25) is 0 Å². The van der Waals surface area contributed by atoms with E-state index < -0.39 is 12.1 Å². The number of benzene rings is 1. The minimum absolute atomic E-state index is 0.350. The third kappa shape index (κ3) is 1.94. The van der Waals surface area contributed by atoms with E-state index in [9.17, 15) is 9.90 Å². The Kier molecular flexibility index (Phi) is 2.70. The number of carboxylic acids is 1. The predicted molar refractivity (Wildman–Crippen MR) is 56.2 cm³/mol. The Labute approximate surface area is 91.6 Å². The molecule has 0 spiro atoms. The lowest BCUT2D eigenvalue weighted by atomic mass is 10.1. The van der Waals surface area contributed by atoms with Crippen LogP contribution < -0.4 is 0 Å². The van der Waals surface area contributed by atoms with Crippen LogP contribution in [0.3, 0.4) is 0 Å². The lowest BCUT2D eigenvalue weighted by molar-refractivity contribution is -0.146. The molecule has 2 aromatic rings. The van der Waals surface area contributed by atoms with Gasteiger partial charge < -0.3 is 10.2 Å². The number of carbonyl (C=O) groups is 1. The van der Waals surface area contributed by atoms with Gasteiger partial charge in [0.15, 0.2) is 6.10 Å². The van der Waals surface area contributed by atoms with Gasteiger partial charge in [-0.1, -0.05) is 12.1 Å². The molecule has 0 amide bonds. The van der Waals surface area contributed by atoms with Crippen LogP contribution in [0.2, 0.25) is 0 Å². The van der Waals surface area contributed by atoms with Crippen LogP contribution in [0.15, 0.2) is 42.7 Å². The van der Waals surface area contributed by atoms with Crippen LogP contribution >= 0.6 is 0 Å². The van der Waals surface area contributed by atoms with Gasteiger partial charge in [0.25, 0.3) is 0 Å². The second-order valence-corrected chi connectivity index (χ2v) is 3.28. The number of nitrogens with zero attached hydrogens (tertiary/aromatic N) is 2. The molecular weight excluding hydrogens is 208 g/mol. The first-order valence-electron chi connectivity index (χ1n) is 4.69. The average molecular weight is 218 g/mol. The Morgan fingerprint density at radius 3 is 2.50 bits per heavy atom. The average Bonchev–Trinajstić information content (AvgIpc) is 2.81. The monoisotopic (exact) mass is 218 g/mol. The third-order valence-electron chi connectivity index (χ3n) is 2.21. The van der Waals surface area contributed by atoms with Gasteiger partial charge in [0.05, 0.1) is 5.69 Å². The van der Waals surface area contributed by atoms with Gasteiger partial charge in [-0.15, -0.1) is 0 Å². The van der Waals surface area contributed by atoms with Crippen LogP contribution in [0.25, 0.3) is 5.69 Å². The maximum Gasteiger partial charge on any atom is 0.337 e. The zero-order valence-corrected chi connectivity index (χ0v) is 8.32. The molecule has 0 bridgehead atoms. The van der Waals surface area contributed by atoms with Crippen molar-refractivity contribution in [3.8, 4) is 5.69 Å². The van der Waals surface area contributed by atoms with Crippen molar-refractivity contribution in [2.24, 2.45) is 0 Å². The van der Waals surface area contributed by atoms with Crippen molar-refractivity contribution in [1.82, 2.24) is 9.78 Å². The number of rotatable bonds is 3. The normalized spacial score (nSPS) is 12.3. The van der Waals surface area contributed by atoms with Crippen molar-refractivity contribution < 1.29 is 15.0 Å². The fraction of sp³-hybridized carbons (Fsp3) is 0.0909. The standard InChI is InChI=1S/C11H10N2O3/c14-10(11(15)16)8-2-4-9(5-3-8)13-7-1-6-12-13/h1-7,10,14H,(H,15,16)/t10-/m1/s1. The molecule has 1 atom stereocenters. The zero-order chi connectivity index (χ0) is 11.5. The first-order chi connectivity index (χ1) is 7.68. The van der Waals surface area contributed by atoms with E-state index in [0.29, 0.717) is 5.56 Å². The molecule has 5 heteroatoms. The van der Waals surface area contributed by atoms with E-state index in [1.165, 1.54) is 0 Å². The molecule has 1 aromatic heterocycles. The Morgan fingerprint density at radius 2 is 2.00 bits per heavy atom. The minimum Gasteiger partial charge on any atom is -0.479 e. The van der Waals surface area contributed by atoms with Crippen LogP contribution in [-0.2, 0) is 4.79 Å². The fourth-order valence-corrected chi connectivity index (χ4v) is 1.37. The quantitative estimate of drug-likeness (QED) is 0.805. The molecular formula is C11H10N2O3. The molecule has 0 aliphatic rings. The van der Waals surface area contributed by atoms with Crippen molar-refractivity contribution in [3.63, 3.8) is 0 Å². The van der Waals surface area contributed by atoms with Crippen molar-refractivity contribution >= 4 is 5.97 Å². The number of hydrogen-bond acceptors (Lipinski definition) is 3. The summed E-state index contributed by atoms with van der Waals surface area (Å²) in [6.45, 7) is 0. The van der Waals surface area contributed by atoms with Gasteiger partial charge in [-0.25, -0.2) is 9.48 Å². The van der Waals surface area contributed by atoms with Crippen LogP contribution in [0, 0.1) is 0 Å². The molecule has 2 rings (SSSR count). The van der Waals surface area contributed by atoms with Gasteiger partial charge in [0.2, 0.25) is 0 Å². The number of aliphatic hydroxyl groups excluding tert-OH is 1. The number of aliphatic carboxylic acids is 1. The van der Waals surface area contributed by atoms with Crippen LogP contribution in [0.5, 0.6) is 0 Å². The SMILES string of the molecule is O=C(O)[C@H](O)c1ccc(-n2cccn2)cc1. The third-order valence-corrected chi connectivity index (χ3v) is 2.21. The Hall–Kier alpha value is -2.14. The van der Waals surface area contributed by atoms with Crippen molar-refractivity contribution in [2.45, 2.75) is 6.10 Å². The summed E-state index contributed by atoms with van der Waals surface area (Å²) in [6.07, 6.45) is 1.95. The molecule has 0 fully saturated rings. The van der Waals surface area contributed by atoms with Crippen LogP contribution in [0.4, 0.5) is 0 Å². The predicted octanol–water partition coefficient (Wildman–Crippen LogP) is 0.990. The van der Waals surface area contributed by atoms with E-state index >= 15 is 0 Å². The maximum absolute atomic E-state index is 10.5. The molecule has 1 heterocycles. The minimum atomic E-state index is -1.48. The summed E-state index contributed by atoms with van der Waals surface area (Å²) < 4.78 is 1.65.